The molecule has 3 N–H and O–H groups in total. The summed E-state index contributed by atoms with van der Waals surface area (Å²) in [7, 11) is 1.54. The number of hydrogen-bond acceptors (Lipinski definition) is 7. The SMILES string of the molecule is COc1cc(-c2ccc3nc(N)nc(Cc4ccccc4)c3n2)ccc1NC(=O)OC(C)(C)C. The highest BCUT2D eigenvalue weighted by atomic mass is 16.6. The number of rotatable bonds is 5. The summed E-state index contributed by atoms with van der Waals surface area (Å²) in [5, 5.41) is 2.73. The van der Waals surface area contributed by atoms with Crippen LogP contribution in [0.1, 0.15) is 32.0 Å². The van der Waals surface area contributed by atoms with E-state index in [0.29, 0.717) is 28.9 Å². The van der Waals surface area contributed by atoms with Crippen molar-refractivity contribution < 1.29 is 14.3 Å². The first kappa shape index (κ1) is 23.0. The second-order valence-electron chi connectivity index (χ2n) is 8.80. The van der Waals surface area contributed by atoms with Crippen molar-refractivity contribution in [2.75, 3.05) is 18.2 Å². The highest BCUT2D eigenvalue weighted by Crippen LogP contribution is 2.31. The molecule has 1 amide bonds. The molecule has 2 heterocycles. The molecule has 0 saturated carbocycles. The number of fused-ring (bicyclic) bond motifs is 1. The number of nitrogens with two attached hydrogens (primary N) is 1. The van der Waals surface area contributed by atoms with Crippen LogP contribution in [0.3, 0.4) is 0 Å². The molecular weight excluding hydrogens is 430 g/mol. The van der Waals surface area contributed by atoms with Crippen molar-refractivity contribution in [3.63, 3.8) is 0 Å². The lowest BCUT2D eigenvalue weighted by atomic mass is 10.1. The number of benzene rings is 2. The Morgan fingerprint density at radius 3 is 2.47 bits per heavy atom. The minimum Gasteiger partial charge on any atom is -0.495 e. The summed E-state index contributed by atoms with van der Waals surface area (Å²) < 4.78 is 10.8. The third kappa shape index (κ3) is 5.40. The molecule has 0 radical (unpaired) electrons. The van der Waals surface area contributed by atoms with Crippen molar-refractivity contribution in [1.82, 2.24) is 15.0 Å². The van der Waals surface area contributed by atoms with Gasteiger partial charge in [0.15, 0.2) is 0 Å². The van der Waals surface area contributed by atoms with E-state index in [9.17, 15) is 4.79 Å². The molecule has 0 saturated heterocycles. The molecule has 0 aliphatic carbocycles. The zero-order valence-electron chi connectivity index (χ0n) is 19.6. The van der Waals surface area contributed by atoms with Gasteiger partial charge < -0.3 is 15.2 Å². The molecule has 34 heavy (non-hydrogen) atoms. The maximum absolute atomic E-state index is 12.2. The van der Waals surface area contributed by atoms with Gasteiger partial charge in [-0.05, 0) is 50.6 Å². The van der Waals surface area contributed by atoms with E-state index in [4.69, 9.17) is 20.2 Å². The summed E-state index contributed by atoms with van der Waals surface area (Å²) in [6.45, 7) is 5.42. The van der Waals surface area contributed by atoms with Crippen LogP contribution in [0.25, 0.3) is 22.3 Å². The number of carbonyl (C=O) groups excluding carboxylic acids is 1. The Kier molecular flexibility index (Phi) is 6.32. The van der Waals surface area contributed by atoms with Crippen LogP contribution in [0.2, 0.25) is 0 Å². The van der Waals surface area contributed by atoms with Crippen molar-refractivity contribution in [3.8, 4) is 17.0 Å². The van der Waals surface area contributed by atoms with Gasteiger partial charge in [-0.1, -0.05) is 36.4 Å². The third-order valence-electron chi connectivity index (χ3n) is 4.98. The molecule has 2 aromatic carbocycles. The minimum atomic E-state index is -0.602. The summed E-state index contributed by atoms with van der Waals surface area (Å²) in [5.41, 5.74) is 10.6. The number of pyridine rings is 1. The number of methoxy groups -OCH3 is 1. The lowest BCUT2D eigenvalue weighted by Crippen LogP contribution is -2.27. The second kappa shape index (κ2) is 9.35. The fourth-order valence-electron chi connectivity index (χ4n) is 3.53. The summed E-state index contributed by atoms with van der Waals surface area (Å²) in [6.07, 6.45) is 0.0328. The summed E-state index contributed by atoms with van der Waals surface area (Å²) in [4.78, 5) is 25.8. The topological polar surface area (TPSA) is 112 Å². The van der Waals surface area contributed by atoms with Crippen LogP contribution in [0.15, 0.2) is 60.7 Å². The highest BCUT2D eigenvalue weighted by Gasteiger charge is 2.18. The number of aromatic nitrogens is 3. The quantitative estimate of drug-likeness (QED) is 0.422. The van der Waals surface area contributed by atoms with E-state index in [1.165, 1.54) is 0 Å². The Balaban J connectivity index is 1.68. The van der Waals surface area contributed by atoms with E-state index in [1.807, 2.05) is 75.4 Å². The van der Waals surface area contributed by atoms with Crippen molar-refractivity contribution in [3.05, 3.63) is 71.9 Å². The van der Waals surface area contributed by atoms with Gasteiger partial charge in [-0.2, -0.15) is 0 Å². The number of amides is 1. The number of carbonyl (C=O) groups is 1. The van der Waals surface area contributed by atoms with Crippen molar-refractivity contribution in [1.29, 1.82) is 0 Å². The highest BCUT2D eigenvalue weighted by molar-refractivity contribution is 5.88. The Labute approximate surface area is 198 Å². The average molecular weight is 458 g/mol. The molecular formula is C26H27N5O3. The molecule has 0 spiro atoms. The van der Waals surface area contributed by atoms with Gasteiger partial charge in [0.2, 0.25) is 5.95 Å². The standard InChI is InChI=1S/C26H27N5O3/c1-26(2,3)34-25(32)31-19-11-10-17(15-22(19)33-4)18-12-13-20-23(28-18)21(30-24(27)29-20)14-16-8-6-5-7-9-16/h5-13,15H,14H2,1-4H3,(H,31,32)(H2,27,29,30). The molecule has 0 atom stereocenters. The largest absolute Gasteiger partial charge is 0.495 e. The first-order chi connectivity index (χ1) is 16.2. The number of nitrogen functional groups attached to an aromatic ring is 1. The molecule has 8 nitrogen and oxygen atoms in total. The fraction of sp³-hybridized carbons (Fsp3) is 0.231. The van der Waals surface area contributed by atoms with Crippen molar-refractivity contribution in [2.24, 2.45) is 0 Å². The van der Waals surface area contributed by atoms with Crippen LogP contribution < -0.4 is 15.8 Å². The maximum Gasteiger partial charge on any atom is 0.412 e. The van der Waals surface area contributed by atoms with E-state index in [-0.39, 0.29) is 5.95 Å². The molecule has 0 bridgehead atoms. The van der Waals surface area contributed by atoms with Crippen LogP contribution in [0.4, 0.5) is 16.4 Å². The Morgan fingerprint density at radius 1 is 1.00 bits per heavy atom. The van der Waals surface area contributed by atoms with E-state index in [2.05, 4.69) is 15.3 Å². The third-order valence-corrected chi connectivity index (χ3v) is 4.98. The number of ether oxygens (including phenoxy) is 2. The Hall–Kier alpha value is -4.20. The van der Waals surface area contributed by atoms with Crippen LogP contribution in [-0.4, -0.2) is 33.8 Å². The van der Waals surface area contributed by atoms with Crippen molar-refractivity contribution >= 4 is 28.8 Å². The smallest absolute Gasteiger partial charge is 0.412 e. The van der Waals surface area contributed by atoms with Gasteiger partial charge >= 0.3 is 6.09 Å². The van der Waals surface area contributed by atoms with Gasteiger partial charge in [0, 0.05) is 12.0 Å². The average Bonchev–Trinajstić information content (AvgIpc) is 2.78. The number of anilines is 2. The van der Waals surface area contributed by atoms with E-state index >= 15 is 0 Å². The van der Waals surface area contributed by atoms with Gasteiger partial charge in [0.1, 0.15) is 16.9 Å². The zero-order chi connectivity index (χ0) is 24.3. The van der Waals surface area contributed by atoms with Gasteiger partial charge in [-0.15, -0.1) is 0 Å². The van der Waals surface area contributed by atoms with E-state index in [0.717, 1.165) is 22.5 Å². The van der Waals surface area contributed by atoms with Crippen LogP contribution >= 0.6 is 0 Å². The summed E-state index contributed by atoms with van der Waals surface area (Å²) in [6, 6.07) is 19.2. The molecule has 4 rings (SSSR count). The lowest BCUT2D eigenvalue weighted by Gasteiger charge is -2.20. The predicted octanol–water partition coefficient (Wildman–Crippen LogP) is 5.22. The molecule has 2 aromatic heterocycles. The molecule has 0 aliphatic heterocycles. The maximum atomic E-state index is 12.2. The monoisotopic (exact) mass is 457 g/mol. The zero-order valence-corrected chi connectivity index (χ0v) is 19.6. The predicted molar refractivity (Wildman–Crippen MR) is 133 cm³/mol. The Bertz CT molecular complexity index is 1330. The molecule has 0 unspecified atom stereocenters. The van der Waals surface area contributed by atoms with Gasteiger partial charge in [0.25, 0.3) is 0 Å². The molecule has 174 valence electrons. The van der Waals surface area contributed by atoms with Gasteiger partial charge in [-0.3, -0.25) is 5.32 Å². The molecule has 0 aliphatic rings. The summed E-state index contributed by atoms with van der Waals surface area (Å²) >= 11 is 0. The fourth-order valence-corrected chi connectivity index (χ4v) is 3.53. The van der Waals surface area contributed by atoms with Crippen molar-refractivity contribution in [2.45, 2.75) is 32.8 Å². The van der Waals surface area contributed by atoms with Crippen LogP contribution in [0, 0.1) is 0 Å². The molecule has 4 aromatic rings. The normalized spacial score (nSPS) is 11.3. The number of nitrogens with zero attached hydrogens (tertiary/aromatic N) is 3. The number of nitrogens with one attached hydrogen (secondary N) is 1. The van der Waals surface area contributed by atoms with E-state index in [1.54, 1.807) is 13.2 Å². The molecule has 8 heteroatoms. The van der Waals surface area contributed by atoms with Gasteiger partial charge in [0.05, 0.1) is 29.7 Å². The first-order valence-electron chi connectivity index (χ1n) is 10.9. The second-order valence-corrected chi connectivity index (χ2v) is 8.80. The number of hydrogen-bond donors (Lipinski definition) is 2. The van der Waals surface area contributed by atoms with Gasteiger partial charge in [-0.25, -0.2) is 19.7 Å². The van der Waals surface area contributed by atoms with Crippen LogP contribution in [0.5, 0.6) is 5.75 Å². The van der Waals surface area contributed by atoms with Crippen LogP contribution in [-0.2, 0) is 11.2 Å². The Morgan fingerprint density at radius 2 is 1.76 bits per heavy atom. The molecule has 0 fully saturated rings. The summed E-state index contributed by atoms with van der Waals surface area (Å²) in [5.74, 6) is 0.704. The lowest BCUT2D eigenvalue weighted by molar-refractivity contribution is 0.0635. The first-order valence-corrected chi connectivity index (χ1v) is 10.9. The minimum absolute atomic E-state index is 0.215. The van der Waals surface area contributed by atoms with E-state index < -0.39 is 11.7 Å².